The third kappa shape index (κ3) is 4.82. The summed E-state index contributed by atoms with van der Waals surface area (Å²) in [5, 5.41) is 2.30. The normalized spacial score (nSPS) is 14.8. The lowest BCUT2D eigenvalue weighted by Gasteiger charge is -2.40. The molecule has 0 fully saturated rings. The van der Waals surface area contributed by atoms with Crippen LogP contribution < -0.4 is 9.64 Å². The first-order valence-corrected chi connectivity index (χ1v) is 18.9. The molecular weight excluding hydrogens is 667 g/mol. The topological polar surface area (TPSA) is 12.5 Å². The molecule has 0 N–H and O–H groups in total. The number of hydrogen-bond donors (Lipinski definition) is 0. The maximum absolute atomic E-state index is 6.86. The van der Waals surface area contributed by atoms with Gasteiger partial charge in [-0.2, -0.15) is 0 Å². The lowest BCUT2D eigenvalue weighted by atomic mass is 9.65. The molecule has 1 atom stereocenters. The van der Waals surface area contributed by atoms with Crippen molar-refractivity contribution in [1.29, 1.82) is 0 Å². The van der Waals surface area contributed by atoms with E-state index in [1.165, 1.54) is 61.0 Å². The van der Waals surface area contributed by atoms with Gasteiger partial charge in [0.15, 0.2) is 0 Å². The highest BCUT2D eigenvalue weighted by Crippen LogP contribution is 2.63. The molecule has 0 amide bonds. The van der Waals surface area contributed by atoms with Crippen LogP contribution in [0.25, 0.3) is 44.2 Å². The average Bonchev–Trinajstić information content (AvgIpc) is 3.55. The molecule has 0 radical (unpaired) electrons. The van der Waals surface area contributed by atoms with E-state index in [9.17, 15) is 0 Å². The van der Waals surface area contributed by atoms with E-state index in [-0.39, 0.29) is 0 Å². The molecule has 2 nitrogen and oxygen atoms in total. The first-order chi connectivity index (χ1) is 27.3. The minimum atomic E-state index is -0.536. The molecule has 0 aromatic heterocycles. The summed E-state index contributed by atoms with van der Waals surface area (Å²) in [5.74, 6) is 1.84. The summed E-state index contributed by atoms with van der Waals surface area (Å²) in [6, 6.07) is 76.7. The lowest BCUT2D eigenvalue weighted by molar-refractivity contribution is 0.442. The first kappa shape index (κ1) is 31.4. The Morgan fingerprint density at radius 1 is 0.345 bits per heavy atom. The number of ether oxygens (including phenoxy) is 1. The van der Waals surface area contributed by atoms with Crippen molar-refractivity contribution in [3.63, 3.8) is 0 Å². The third-order valence-corrected chi connectivity index (χ3v) is 11.5. The molecule has 1 unspecified atom stereocenters. The second-order valence-electron chi connectivity index (χ2n) is 14.4. The van der Waals surface area contributed by atoms with Crippen LogP contribution in [0, 0.1) is 0 Å². The minimum absolute atomic E-state index is 0.536. The Balaban J connectivity index is 1.05. The van der Waals surface area contributed by atoms with E-state index in [4.69, 9.17) is 4.74 Å². The number of rotatable bonds is 5. The maximum Gasteiger partial charge on any atom is 0.140 e. The van der Waals surface area contributed by atoms with Gasteiger partial charge >= 0.3 is 0 Å². The Kier molecular flexibility index (Phi) is 7.11. The number of anilines is 3. The van der Waals surface area contributed by atoms with Gasteiger partial charge in [-0.25, -0.2) is 0 Å². The van der Waals surface area contributed by atoms with Crippen molar-refractivity contribution < 1.29 is 4.74 Å². The van der Waals surface area contributed by atoms with Crippen LogP contribution in [0.3, 0.4) is 0 Å². The van der Waals surface area contributed by atoms with E-state index >= 15 is 0 Å². The van der Waals surface area contributed by atoms with Crippen LogP contribution in [0.4, 0.5) is 17.1 Å². The predicted octanol–water partition coefficient (Wildman–Crippen LogP) is 14.1. The summed E-state index contributed by atoms with van der Waals surface area (Å²) in [7, 11) is 0. The van der Waals surface area contributed by atoms with Gasteiger partial charge in [0, 0.05) is 33.6 Å². The molecule has 0 bridgehead atoms. The molecular formula is C53H35NO. The zero-order valence-electron chi connectivity index (χ0n) is 30.1. The van der Waals surface area contributed by atoms with Crippen molar-refractivity contribution in [3.8, 4) is 44.9 Å². The fourth-order valence-corrected chi connectivity index (χ4v) is 9.07. The van der Waals surface area contributed by atoms with E-state index in [0.717, 1.165) is 33.9 Å². The van der Waals surface area contributed by atoms with Crippen molar-refractivity contribution >= 4 is 27.8 Å². The van der Waals surface area contributed by atoms with Gasteiger partial charge in [-0.1, -0.05) is 164 Å². The zero-order valence-corrected chi connectivity index (χ0v) is 30.1. The molecule has 0 saturated heterocycles. The molecule has 55 heavy (non-hydrogen) atoms. The molecule has 11 rings (SSSR count). The molecule has 2 heteroatoms. The Morgan fingerprint density at radius 2 is 0.891 bits per heavy atom. The fraction of sp³-hybridized carbons (Fsp3) is 0.0189. The molecule has 258 valence electrons. The highest BCUT2D eigenvalue weighted by Gasteiger charge is 2.51. The first-order valence-electron chi connectivity index (χ1n) is 18.9. The van der Waals surface area contributed by atoms with Gasteiger partial charge in [0.05, 0.1) is 5.41 Å². The summed E-state index contributed by atoms with van der Waals surface area (Å²) in [6.07, 6.45) is 0. The Hall–Kier alpha value is -7.16. The van der Waals surface area contributed by atoms with Gasteiger partial charge in [-0.3, -0.25) is 0 Å². The lowest BCUT2D eigenvalue weighted by Crippen LogP contribution is -2.32. The molecule has 1 spiro atoms. The van der Waals surface area contributed by atoms with Crippen molar-refractivity contribution in [2.75, 3.05) is 4.90 Å². The standard InChI is InChI=1S/C53H35NO/c1-3-13-36(14-4-1)37-23-29-42(30-24-37)54(41-16-5-2-6-17-41)43-31-25-38(26-32-43)40-27-33-46-45-19-9-10-20-47(45)53(50(46)35-40)48-21-11-12-22-51(48)55-52-44-18-8-7-15-39(44)28-34-49(52)53/h1-35H. The van der Waals surface area contributed by atoms with Crippen molar-refractivity contribution in [3.05, 3.63) is 235 Å². The van der Waals surface area contributed by atoms with Gasteiger partial charge in [0.1, 0.15) is 11.5 Å². The third-order valence-electron chi connectivity index (χ3n) is 11.5. The highest BCUT2D eigenvalue weighted by atomic mass is 16.5. The number of hydrogen-bond acceptors (Lipinski definition) is 2. The molecule has 9 aromatic rings. The van der Waals surface area contributed by atoms with E-state index in [0.29, 0.717) is 0 Å². The van der Waals surface area contributed by atoms with Gasteiger partial charge in [-0.15, -0.1) is 0 Å². The Bertz CT molecular complexity index is 2880. The number of benzene rings is 9. The number of fused-ring (bicyclic) bond motifs is 11. The van der Waals surface area contributed by atoms with Crippen LogP contribution in [0.15, 0.2) is 212 Å². The van der Waals surface area contributed by atoms with Crippen molar-refractivity contribution in [2.45, 2.75) is 5.41 Å². The van der Waals surface area contributed by atoms with E-state index < -0.39 is 5.41 Å². The minimum Gasteiger partial charge on any atom is -0.456 e. The van der Waals surface area contributed by atoms with Gasteiger partial charge in [0.2, 0.25) is 0 Å². The Morgan fingerprint density at radius 3 is 1.65 bits per heavy atom. The molecule has 0 saturated carbocycles. The van der Waals surface area contributed by atoms with Crippen LogP contribution in [0.5, 0.6) is 11.5 Å². The molecule has 2 aliphatic rings. The fourth-order valence-electron chi connectivity index (χ4n) is 9.07. The molecule has 1 aliphatic heterocycles. The summed E-state index contributed by atoms with van der Waals surface area (Å²) in [4.78, 5) is 2.33. The van der Waals surface area contributed by atoms with Crippen LogP contribution >= 0.6 is 0 Å². The summed E-state index contributed by atoms with van der Waals surface area (Å²) >= 11 is 0. The smallest absolute Gasteiger partial charge is 0.140 e. The van der Waals surface area contributed by atoms with E-state index in [2.05, 4.69) is 217 Å². The van der Waals surface area contributed by atoms with Gasteiger partial charge in [-0.05, 0) is 98.4 Å². The Labute approximate surface area is 321 Å². The van der Waals surface area contributed by atoms with E-state index in [1.807, 2.05) is 0 Å². The zero-order chi connectivity index (χ0) is 36.3. The molecule has 9 aromatic carbocycles. The second-order valence-corrected chi connectivity index (χ2v) is 14.4. The monoisotopic (exact) mass is 701 g/mol. The van der Waals surface area contributed by atoms with E-state index in [1.54, 1.807) is 0 Å². The van der Waals surface area contributed by atoms with Crippen molar-refractivity contribution in [2.24, 2.45) is 0 Å². The largest absolute Gasteiger partial charge is 0.456 e. The predicted molar refractivity (Wildman–Crippen MR) is 227 cm³/mol. The van der Waals surface area contributed by atoms with Gasteiger partial charge < -0.3 is 9.64 Å². The summed E-state index contributed by atoms with van der Waals surface area (Å²) < 4.78 is 6.86. The maximum atomic E-state index is 6.86. The highest BCUT2D eigenvalue weighted by molar-refractivity contribution is 5.96. The number of para-hydroxylation sites is 2. The van der Waals surface area contributed by atoms with Crippen LogP contribution in [-0.2, 0) is 5.41 Å². The van der Waals surface area contributed by atoms with Crippen LogP contribution in [0.1, 0.15) is 22.3 Å². The van der Waals surface area contributed by atoms with Gasteiger partial charge in [0.25, 0.3) is 0 Å². The molecule has 1 aliphatic carbocycles. The van der Waals surface area contributed by atoms with Crippen LogP contribution in [0.2, 0.25) is 0 Å². The average molecular weight is 702 g/mol. The molecule has 1 heterocycles. The number of nitrogens with zero attached hydrogens (tertiary/aromatic N) is 1. The van der Waals surface area contributed by atoms with Crippen molar-refractivity contribution in [1.82, 2.24) is 0 Å². The summed E-state index contributed by atoms with van der Waals surface area (Å²) in [5.41, 5.74) is 15.0. The quantitative estimate of drug-likeness (QED) is 0.177. The second kappa shape index (κ2) is 12.5. The van der Waals surface area contributed by atoms with Crippen LogP contribution in [-0.4, -0.2) is 0 Å². The summed E-state index contributed by atoms with van der Waals surface area (Å²) in [6.45, 7) is 0. The SMILES string of the molecule is c1ccc(-c2ccc(N(c3ccccc3)c3ccc(-c4ccc5c(c4)C4(c6ccccc6Oc6c4ccc4ccccc64)c4ccccc4-5)cc3)cc2)cc1.